The van der Waals surface area contributed by atoms with Gasteiger partial charge < -0.3 is 14.7 Å². The highest BCUT2D eigenvalue weighted by atomic mass is 16.5. The molecule has 1 aromatic rings. The molecule has 1 aromatic carbocycles. The minimum Gasteiger partial charge on any atom is -0.464 e. The standard InChI is InChI=1S/C28H43N3O4/c1-18(2)17-35-28(34)27(22(7)33)29-14-23-11-10-21(6)25(13-23)30-26(19(3)4)24(15-31(8)9)12-20(5)16-32/h10-13,15-16,18-19,22,27,29,33H,14,17H2,1-9H3/b20-12-,24-15+,30-26?. The van der Waals surface area contributed by atoms with Crippen LogP contribution in [0.15, 0.2) is 46.6 Å². The highest BCUT2D eigenvalue weighted by Crippen LogP contribution is 2.24. The third-order valence-corrected chi connectivity index (χ3v) is 5.14. The van der Waals surface area contributed by atoms with Crippen LogP contribution in [0, 0.1) is 18.8 Å². The number of aldehydes is 1. The summed E-state index contributed by atoms with van der Waals surface area (Å²) in [7, 11) is 3.87. The molecule has 0 heterocycles. The lowest BCUT2D eigenvalue weighted by atomic mass is 9.98. The summed E-state index contributed by atoms with van der Waals surface area (Å²) in [4.78, 5) is 30.6. The van der Waals surface area contributed by atoms with Crippen LogP contribution in [0.3, 0.4) is 0 Å². The van der Waals surface area contributed by atoms with Crippen LogP contribution in [0.4, 0.5) is 5.69 Å². The number of rotatable bonds is 13. The predicted octanol–water partition coefficient (Wildman–Crippen LogP) is 4.35. The number of benzene rings is 1. The first kappa shape index (κ1) is 30.3. The highest BCUT2D eigenvalue weighted by molar-refractivity contribution is 6.06. The van der Waals surface area contributed by atoms with Crippen LogP contribution in [0.25, 0.3) is 0 Å². The summed E-state index contributed by atoms with van der Waals surface area (Å²) in [6, 6.07) is 5.12. The van der Waals surface area contributed by atoms with Gasteiger partial charge in [-0.3, -0.25) is 19.9 Å². The van der Waals surface area contributed by atoms with Crippen molar-refractivity contribution in [3.8, 4) is 0 Å². The molecule has 0 saturated carbocycles. The molecule has 0 bridgehead atoms. The Labute approximate surface area is 211 Å². The zero-order valence-electron chi connectivity index (χ0n) is 22.8. The van der Waals surface area contributed by atoms with Gasteiger partial charge in [-0.15, -0.1) is 0 Å². The van der Waals surface area contributed by atoms with E-state index < -0.39 is 18.1 Å². The summed E-state index contributed by atoms with van der Waals surface area (Å²) in [5.74, 6) is -0.122. The molecule has 35 heavy (non-hydrogen) atoms. The van der Waals surface area contributed by atoms with Crippen LogP contribution < -0.4 is 5.32 Å². The van der Waals surface area contributed by atoms with Gasteiger partial charge in [0.25, 0.3) is 0 Å². The van der Waals surface area contributed by atoms with Gasteiger partial charge in [-0.2, -0.15) is 0 Å². The normalized spacial score (nSPS) is 14.8. The summed E-state index contributed by atoms with van der Waals surface area (Å²) < 4.78 is 5.31. The molecular formula is C28H43N3O4. The number of hydrogen-bond acceptors (Lipinski definition) is 7. The summed E-state index contributed by atoms with van der Waals surface area (Å²) in [5.41, 5.74) is 5.11. The lowest BCUT2D eigenvalue weighted by Gasteiger charge is -2.21. The highest BCUT2D eigenvalue weighted by Gasteiger charge is 2.25. The fourth-order valence-corrected chi connectivity index (χ4v) is 3.29. The number of hydrogen-bond donors (Lipinski definition) is 2. The molecule has 0 aliphatic heterocycles. The monoisotopic (exact) mass is 485 g/mol. The number of carbonyl (C=O) groups excluding carboxylic acids is 2. The first-order chi connectivity index (χ1) is 16.3. The van der Waals surface area contributed by atoms with Crippen LogP contribution in [0.1, 0.15) is 52.7 Å². The minimum absolute atomic E-state index is 0.119. The third-order valence-electron chi connectivity index (χ3n) is 5.14. The van der Waals surface area contributed by atoms with Gasteiger partial charge in [0, 0.05) is 32.4 Å². The van der Waals surface area contributed by atoms with E-state index in [1.807, 2.05) is 70.2 Å². The molecule has 0 amide bonds. The largest absolute Gasteiger partial charge is 0.464 e. The van der Waals surface area contributed by atoms with E-state index in [2.05, 4.69) is 19.2 Å². The quantitative estimate of drug-likeness (QED) is 0.142. The molecule has 1 rings (SSSR count). The van der Waals surface area contributed by atoms with Crippen molar-refractivity contribution in [2.75, 3.05) is 20.7 Å². The van der Waals surface area contributed by atoms with Gasteiger partial charge in [-0.25, -0.2) is 0 Å². The maximum absolute atomic E-state index is 12.4. The lowest BCUT2D eigenvalue weighted by Crippen LogP contribution is -2.45. The lowest BCUT2D eigenvalue weighted by molar-refractivity contribution is -0.150. The van der Waals surface area contributed by atoms with E-state index in [4.69, 9.17) is 9.73 Å². The zero-order chi connectivity index (χ0) is 26.7. The van der Waals surface area contributed by atoms with Gasteiger partial charge in [0.1, 0.15) is 12.3 Å². The number of aliphatic hydroxyl groups excluding tert-OH is 1. The Hall–Kier alpha value is -2.77. The number of aryl methyl sites for hydroxylation is 1. The van der Waals surface area contributed by atoms with Crippen LogP contribution in [0.5, 0.6) is 0 Å². The number of esters is 1. The Kier molecular flexibility index (Phi) is 12.6. The second-order valence-corrected chi connectivity index (χ2v) is 9.95. The molecule has 0 aliphatic carbocycles. The van der Waals surface area contributed by atoms with Crippen molar-refractivity contribution in [1.29, 1.82) is 0 Å². The topological polar surface area (TPSA) is 91.2 Å². The summed E-state index contributed by atoms with van der Waals surface area (Å²) in [6.45, 7) is 14.1. The van der Waals surface area contributed by atoms with Gasteiger partial charge in [0.15, 0.2) is 0 Å². The van der Waals surface area contributed by atoms with Crippen molar-refractivity contribution in [1.82, 2.24) is 10.2 Å². The first-order valence-corrected chi connectivity index (χ1v) is 12.1. The fourth-order valence-electron chi connectivity index (χ4n) is 3.29. The Balaban J connectivity index is 3.28. The maximum Gasteiger partial charge on any atom is 0.325 e. The first-order valence-electron chi connectivity index (χ1n) is 12.1. The van der Waals surface area contributed by atoms with E-state index in [-0.39, 0.29) is 11.8 Å². The minimum atomic E-state index is -0.892. The number of carbonyl (C=O) groups is 2. The fraction of sp³-hybridized carbons (Fsp3) is 0.536. The summed E-state index contributed by atoms with van der Waals surface area (Å²) >= 11 is 0. The number of nitrogens with zero attached hydrogens (tertiary/aromatic N) is 2. The van der Waals surface area contributed by atoms with Crippen molar-refractivity contribution < 1.29 is 19.4 Å². The second-order valence-electron chi connectivity index (χ2n) is 9.95. The van der Waals surface area contributed by atoms with Crippen molar-refractivity contribution in [2.45, 2.75) is 67.2 Å². The molecule has 0 aliphatic rings. The Morgan fingerprint density at radius 3 is 2.37 bits per heavy atom. The predicted molar refractivity (Wildman–Crippen MR) is 143 cm³/mol. The zero-order valence-corrected chi connectivity index (χ0v) is 22.8. The van der Waals surface area contributed by atoms with E-state index in [1.165, 1.54) is 0 Å². The van der Waals surface area contributed by atoms with Gasteiger partial charge >= 0.3 is 5.97 Å². The van der Waals surface area contributed by atoms with Crippen LogP contribution in [0.2, 0.25) is 0 Å². The number of allylic oxidation sites excluding steroid dienone is 3. The van der Waals surface area contributed by atoms with E-state index >= 15 is 0 Å². The molecule has 194 valence electrons. The molecule has 2 N–H and O–H groups in total. The molecule has 0 fully saturated rings. The Bertz CT molecular complexity index is 944. The van der Waals surface area contributed by atoms with E-state index in [0.29, 0.717) is 18.7 Å². The van der Waals surface area contributed by atoms with Gasteiger partial charge in [0.05, 0.1) is 24.1 Å². The summed E-state index contributed by atoms with van der Waals surface area (Å²) in [5, 5.41) is 13.2. The maximum atomic E-state index is 12.4. The smallest absolute Gasteiger partial charge is 0.325 e. The van der Waals surface area contributed by atoms with Gasteiger partial charge in [-0.05, 0) is 61.4 Å². The van der Waals surface area contributed by atoms with Crippen molar-refractivity contribution >= 4 is 23.7 Å². The number of aliphatic hydroxyl groups is 1. The number of ether oxygens (including phenoxy) is 1. The van der Waals surface area contributed by atoms with Gasteiger partial charge in [-0.1, -0.05) is 39.8 Å². The van der Waals surface area contributed by atoms with Crippen LogP contribution >= 0.6 is 0 Å². The molecule has 0 spiro atoms. The molecule has 7 heteroatoms. The SMILES string of the molecule is C/C(C=O)=C/C(=C\N(C)C)C(=Nc1cc(CNC(C(=O)OCC(C)C)C(C)O)ccc1C)C(C)C. The second kappa shape index (κ2) is 14.6. The van der Waals surface area contributed by atoms with E-state index in [9.17, 15) is 14.7 Å². The molecule has 0 aromatic heterocycles. The average molecular weight is 486 g/mol. The van der Waals surface area contributed by atoms with Crippen molar-refractivity contribution in [3.63, 3.8) is 0 Å². The van der Waals surface area contributed by atoms with Crippen molar-refractivity contribution in [2.24, 2.45) is 16.8 Å². The molecular weight excluding hydrogens is 442 g/mol. The van der Waals surface area contributed by atoms with E-state index in [1.54, 1.807) is 13.8 Å². The Morgan fingerprint density at radius 2 is 1.86 bits per heavy atom. The van der Waals surface area contributed by atoms with Gasteiger partial charge in [0.2, 0.25) is 0 Å². The number of aliphatic imine (C=N–C) groups is 1. The Morgan fingerprint density at radius 1 is 1.20 bits per heavy atom. The van der Waals surface area contributed by atoms with Crippen LogP contribution in [-0.4, -0.2) is 60.8 Å². The van der Waals surface area contributed by atoms with Crippen molar-refractivity contribution in [3.05, 3.63) is 52.7 Å². The molecule has 2 unspecified atom stereocenters. The molecule has 0 saturated heterocycles. The third kappa shape index (κ3) is 10.6. The number of nitrogens with one attached hydrogen (secondary N) is 1. The van der Waals surface area contributed by atoms with Crippen LogP contribution in [-0.2, 0) is 20.9 Å². The average Bonchev–Trinajstić information content (AvgIpc) is 2.76. The molecule has 0 radical (unpaired) electrons. The molecule has 2 atom stereocenters. The van der Waals surface area contributed by atoms with E-state index in [0.717, 1.165) is 34.4 Å². The summed E-state index contributed by atoms with van der Waals surface area (Å²) in [6.07, 6.45) is 3.76. The molecule has 7 nitrogen and oxygen atoms in total.